The summed E-state index contributed by atoms with van der Waals surface area (Å²) in [5.74, 6) is -2.69. The minimum absolute atomic E-state index is 0.0133. The van der Waals surface area contributed by atoms with Gasteiger partial charge in [-0.3, -0.25) is 0 Å². The Hall–Kier alpha value is -1.51. The van der Waals surface area contributed by atoms with Crippen LogP contribution >= 0.6 is 22.6 Å². The number of hydrogen-bond donors (Lipinski definition) is 1. The molecule has 2 rings (SSSR count). The third-order valence-electron chi connectivity index (χ3n) is 2.38. The molecule has 0 aliphatic heterocycles. The summed E-state index contributed by atoms with van der Waals surface area (Å²) in [7, 11) is 0. The lowest BCUT2D eigenvalue weighted by molar-refractivity contribution is 0.0688. The molecule has 4 nitrogen and oxygen atoms in total. The van der Waals surface area contributed by atoms with Gasteiger partial charge in [0.05, 0.1) is 9.26 Å². The maximum Gasteiger partial charge on any atom is 0.357 e. The molecule has 0 amide bonds. The molecular weight excluding hydrogens is 357 g/mol. The predicted octanol–water partition coefficient (Wildman–Crippen LogP) is 2.76. The van der Waals surface area contributed by atoms with Crippen molar-refractivity contribution in [3.63, 3.8) is 0 Å². The zero-order valence-corrected chi connectivity index (χ0v) is 11.3. The van der Waals surface area contributed by atoms with E-state index in [-0.39, 0.29) is 11.4 Å². The summed E-state index contributed by atoms with van der Waals surface area (Å²) >= 11 is 1.83. The van der Waals surface area contributed by atoms with Crippen molar-refractivity contribution in [2.24, 2.45) is 0 Å². The third-order valence-corrected chi connectivity index (χ3v) is 3.68. The normalized spacial score (nSPS) is 10.7. The lowest BCUT2D eigenvalue weighted by Gasteiger charge is -2.05. The molecule has 0 aliphatic carbocycles. The van der Waals surface area contributed by atoms with E-state index in [4.69, 9.17) is 5.11 Å². The molecule has 0 atom stereocenters. The van der Waals surface area contributed by atoms with E-state index < -0.39 is 17.6 Å². The maximum atomic E-state index is 13.6. The van der Waals surface area contributed by atoms with Gasteiger partial charge in [-0.15, -0.1) is 0 Å². The molecule has 0 aliphatic rings. The first-order chi connectivity index (χ1) is 8.41. The average Bonchev–Trinajstić information content (AvgIpc) is 2.57. The number of nitrogens with zero attached hydrogens (tertiary/aromatic N) is 2. The zero-order valence-electron chi connectivity index (χ0n) is 9.12. The Labute approximate surface area is 114 Å². The second kappa shape index (κ2) is 4.63. The van der Waals surface area contributed by atoms with Crippen LogP contribution in [0.3, 0.4) is 0 Å². The lowest BCUT2D eigenvalue weighted by Crippen LogP contribution is -2.04. The highest BCUT2D eigenvalue weighted by atomic mass is 127. The van der Waals surface area contributed by atoms with Crippen molar-refractivity contribution < 1.29 is 18.7 Å². The molecule has 18 heavy (non-hydrogen) atoms. The second-order valence-corrected chi connectivity index (χ2v) is 4.64. The molecule has 0 radical (unpaired) electrons. The number of aromatic nitrogens is 2. The fraction of sp³-hybridized carbons (Fsp3) is 0.0909. The fourth-order valence-electron chi connectivity index (χ4n) is 1.51. The summed E-state index contributed by atoms with van der Waals surface area (Å²) in [6.45, 7) is 1.62. The summed E-state index contributed by atoms with van der Waals surface area (Å²) < 4.78 is 28.0. The summed E-state index contributed by atoms with van der Waals surface area (Å²) in [5, 5.41) is 12.7. The number of carboxylic acid groups (broad SMARTS) is 1. The van der Waals surface area contributed by atoms with Gasteiger partial charge in [0.1, 0.15) is 11.5 Å². The topological polar surface area (TPSA) is 55.1 Å². The van der Waals surface area contributed by atoms with Gasteiger partial charge in [0.15, 0.2) is 11.5 Å². The van der Waals surface area contributed by atoms with E-state index in [1.54, 1.807) is 6.92 Å². The molecule has 1 N–H and O–H groups in total. The van der Waals surface area contributed by atoms with E-state index in [2.05, 4.69) is 5.10 Å². The highest BCUT2D eigenvalue weighted by Gasteiger charge is 2.20. The van der Waals surface area contributed by atoms with Crippen LogP contribution in [0.15, 0.2) is 18.2 Å². The van der Waals surface area contributed by atoms with Crippen LogP contribution in [0.5, 0.6) is 0 Å². The molecule has 1 aromatic carbocycles. The van der Waals surface area contributed by atoms with Crippen molar-refractivity contribution in [2.45, 2.75) is 6.92 Å². The molecule has 0 unspecified atom stereocenters. The van der Waals surface area contributed by atoms with Gasteiger partial charge in [-0.25, -0.2) is 18.3 Å². The van der Waals surface area contributed by atoms with Gasteiger partial charge in [0.2, 0.25) is 0 Å². The first-order valence-electron chi connectivity index (χ1n) is 4.85. The molecule has 0 saturated carbocycles. The highest BCUT2D eigenvalue weighted by Crippen LogP contribution is 2.22. The van der Waals surface area contributed by atoms with Crippen LogP contribution in [0, 0.1) is 22.1 Å². The molecule has 1 aromatic heterocycles. The number of carboxylic acids is 1. The van der Waals surface area contributed by atoms with Crippen molar-refractivity contribution in [3.8, 4) is 5.69 Å². The molecule has 7 heteroatoms. The zero-order chi connectivity index (χ0) is 13.4. The van der Waals surface area contributed by atoms with Gasteiger partial charge >= 0.3 is 5.97 Å². The summed E-state index contributed by atoms with van der Waals surface area (Å²) in [6, 6.07) is 3.03. The van der Waals surface area contributed by atoms with Crippen LogP contribution in [0.2, 0.25) is 0 Å². The van der Waals surface area contributed by atoms with E-state index in [0.29, 0.717) is 9.26 Å². The van der Waals surface area contributed by atoms with Crippen LogP contribution in [0.1, 0.15) is 16.2 Å². The van der Waals surface area contributed by atoms with Crippen LogP contribution < -0.4 is 0 Å². The SMILES string of the molecule is Cc1c(I)c(C(=O)O)nn1-c1ccc(F)cc1F. The Kier molecular flexibility index (Phi) is 3.33. The average molecular weight is 364 g/mol. The molecule has 0 fully saturated rings. The largest absolute Gasteiger partial charge is 0.476 e. The highest BCUT2D eigenvalue weighted by molar-refractivity contribution is 14.1. The van der Waals surface area contributed by atoms with E-state index >= 15 is 0 Å². The Bertz CT molecular complexity index is 640. The summed E-state index contributed by atoms with van der Waals surface area (Å²) in [6.07, 6.45) is 0. The van der Waals surface area contributed by atoms with Gasteiger partial charge in [0.25, 0.3) is 0 Å². The van der Waals surface area contributed by atoms with Gasteiger partial charge in [0, 0.05) is 6.07 Å². The molecule has 0 spiro atoms. The van der Waals surface area contributed by atoms with Crippen LogP contribution in [-0.4, -0.2) is 20.9 Å². The second-order valence-electron chi connectivity index (χ2n) is 3.56. The number of benzene rings is 1. The Morgan fingerprint density at radius 2 is 2.11 bits per heavy atom. The van der Waals surface area contributed by atoms with Crippen molar-refractivity contribution in [1.29, 1.82) is 0 Å². The first-order valence-corrected chi connectivity index (χ1v) is 5.93. The van der Waals surface area contributed by atoms with Gasteiger partial charge in [-0.2, -0.15) is 5.10 Å². The van der Waals surface area contributed by atoms with Gasteiger partial charge < -0.3 is 5.11 Å². The number of hydrogen-bond acceptors (Lipinski definition) is 2. The molecule has 0 bridgehead atoms. The Morgan fingerprint density at radius 3 is 2.61 bits per heavy atom. The minimum Gasteiger partial charge on any atom is -0.476 e. The Balaban J connectivity index is 2.64. The van der Waals surface area contributed by atoms with Gasteiger partial charge in [-0.1, -0.05) is 0 Å². The van der Waals surface area contributed by atoms with Crippen molar-refractivity contribution in [2.75, 3.05) is 0 Å². The van der Waals surface area contributed by atoms with Crippen LogP contribution in [0.25, 0.3) is 5.69 Å². The summed E-state index contributed by atoms with van der Waals surface area (Å²) in [4.78, 5) is 10.9. The van der Waals surface area contributed by atoms with E-state index in [0.717, 1.165) is 16.8 Å². The van der Waals surface area contributed by atoms with Crippen molar-refractivity contribution in [1.82, 2.24) is 9.78 Å². The standard InChI is InChI=1S/C11H7F2IN2O2/c1-5-9(14)10(11(17)18)15-16(5)8-3-2-6(12)4-7(8)13/h2-4H,1H3,(H,17,18). The molecule has 0 saturated heterocycles. The van der Waals surface area contributed by atoms with Crippen molar-refractivity contribution in [3.05, 3.63) is 44.8 Å². The van der Waals surface area contributed by atoms with E-state index in [1.165, 1.54) is 6.07 Å². The first kappa shape index (κ1) is 12.9. The monoisotopic (exact) mass is 364 g/mol. The lowest BCUT2D eigenvalue weighted by atomic mass is 10.3. The molecule has 1 heterocycles. The fourth-order valence-corrected chi connectivity index (χ4v) is 2.07. The van der Waals surface area contributed by atoms with E-state index in [1.807, 2.05) is 22.6 Å². The molecule has 2 aromatic rings. The molecule has 94 valence electrons. The van der Waals surface area contributed by atoms with Crippen LogP contribution in [0.4, 0.5) is 8.78 Å². The number of carbonyl (C=O) groups is 1. The third kappa shape index (κ3) is 2.09. The summed E-state index contributed by atoms with van der Waals surface area (Å²) in [5.41, 5.74) is 0.342. The number of halogens is 3. The van der Waals surface area contributed by atoms with Gasteiger partial charge in [-0.05, 0) is 41.6 Å². The quantitative estimate of drug-likeness (QED) is 0.834. The molecular formula is C11H7F2IN2O2. The predicted molar refractivity (Wildman–Crippen MR) is 67.9 cm³/mol. The Morgan fingerprint density at radius 1 is 1.44 bits per heavy atom. The minimum atomic E-state index is -1.19. The smallest absolute Gasteiger partial charge is 0.357 e. The number of aromatic carboxylic acids is 1. The van der Waals surface area contributed by atoms with Crippen molar-refractivity contribution >= 4 is 28.6 Å². The maximum absolute atomic E-state index is 13.6. The van der Waals surface area contributed by atoms with Crippen LogP contribution in [-0.2, 0) is 0 Å². The van der Waals surface area contributed by atoms with E-state index in [9.17, 15) is 13.6 Å². The number of rotatable bonds is 2.